The zero-order valence-electron chi connectivity index (χ0n) is 13.1. The number of rotatable bonds is 3. The van der Waals surface area contributed by atoms with Crippen LogP contribution >= 0.6 is 0 Å². The Morgan fingerprint density at radius 3 is 2.20 bits per heavy atom. The summed E-state index contributed by atoms with van der Waals surface area (Å²) in [6.45, 7) is 8.23. The standard InChI is InChI=1S/C17H26N2O/c1-13(2)14-5-7-15(8-6-14)16(20)19-11-9-17(3,18-4)10-12-19/h5-8,13,18H,9-12H2,1-4H3. The van der Waals surface area contributed by atoms with E-state index in [4.69, 9.17) is 0 Å². The largest absolute Gasteiger partial charge is 0.339 e. The van der Waals surface area contributed by atoms with E-state index in [2.05, 4.69) is 38.2 Å². The number of piperidine rings is 1. The second kappa shape index (κ2) is 5.96. The van der Waals surface area contributed by atoms with Crippen LogP contribution in [0.2, 0.25) is 0 Å². The summed E-state index contributed by atoms with van der Waals surface area (Å²) >= 11 is 0. The molecule has 0 unspecified atom stereocenters. The van der Waals surface area contributed by atoms with Crippen LogP contribution in [-0.2, 0) is 0 Å². The number of benzene rings is 1. The molecule has 20 heavy (non-hydrogen) atoms. The zero-order valence-corrected chi connectivity index (χ0v) is 13.1. The fourth-order valence-electron chi connectivity index (χ4n) is 2.65. The fourth-order valence-corrected chi connectivity index (χ4v) is 2.65. The number of hydrogen-bond donors (Lipinski definition) is 1. The van der Waals surface area contributed by atoms with Gasteiger partial charge in [0.05, 0.1) is 0 Å². The van der Waals surface area contributed by atoms with Crippen molar-refractivity contribution in [2.45, 2.75) is 45.1 Å². The summed E-state index contributed by atoms with van der Waals surface area (Å²) in [6.07, 6.45) is 2.03. The van der Waals surface area contributed by atoms with Crippen molar-refractivity contribution in [1.29, 1.82) is 0 Å². The Labute approximate surface area is 122 Å². The lowest BCUT2D eigenvalue weighted by molar-refractivity contribution is 0.0662. The molecule has 0 aromatic heterocycles. The van der Waals surface area contributed by atoms with E-state index in [1.165, 1.54) is 5.56 Å². The molecule has 3 nitrogen and oxygen atoms in total. The van der Waals surface area contributed by atoms with Gasteiger partial charge in [-0.2, -0.15) is 0 Å². The second-order valence-corrected chi connectivity index (χ2v) is 6.38. The van der Waals surface area contributed by atoms with E-state index in [0.29, 0.717) is 5.92 Å². The van der Waals surface area contributed by atoms with E-state index in [-0.39, 0.29) is 11.4 Å². The third-order valence-electron chi connectivity index (χ3n) is 4.58. The molecule has 2 rings (SSSR count). The summed E-state index contributed by atoms with van der Waals surface area (Å²) in [5, 5.41) is 3.36. The van der Waals surface area contributed by atoms with Crippen molar-refractivity contribution in [1.82, 2.24) is 10.2 Å². The number of likely N-dealkylation sites (tertiary alicyclic amines) is 1. The Kier molecular flexibility index (Phi) is 4.48. The third kappa shape index (κ3) is 3.21. The van der Waals surface area contributed by atoms with Crippen molar-refractivity contribution >= 4 is 5.91 Å². The van der Waals surface area contributed by atoms with Gasteiger partial charge >= 0.3 is 0 Å². The first kappa shape index (κ1) is 15.0. The Morgan fingerprint density at radius 2 is 1.75 bits per heavy atom. The first-order chi connectivity index (χ1) is 9.45. The maximum Gasteiger partial charge on any atom is 0.253 e. The molecule has 3 heteroatoms. The Hall–Kier alpha value is -1.35. The normalized spacial score (nSPS) is 18.4. The fraction of sp³-hybridized carbons (Fsp3) is 0.588. The molecule has 0 bridgehead atoms. The quantitative estimate of drug-likeness (QED) is 0.919. The minimum Gasteiger partial charge on any atom is -0.339 e. The Bertz CT molecular complexity index is 456. The van der Waals surface area contributed by atoms with Crippen LogP contribution in [0.25, 0.3) is 0 Å². The van der Waals surface area contributed by atoms with Crippen molar-refractivity contribution in [3.8, 4) is 0 Å². The monoisotopic (exact) mass is 274 g/mol. The summed E-state index contributed by atoms with van der Waals surface area (Å²) in [7, 11) is 2.00. The summed E-state index contributed by atoms with van der Waals surface area (Å²) in [5.74, 6) is 0.670. The molecule has 0 spiro atoms. The van der Waals surface area contributed by atoms with Gasteiger partial charge in [-0.05, 0) is 50.4 Å². The average molecular weight is 274 g/mol. The molecule has 0 saturated carbocycles. The molecule has 1 saturated heterocycles. The van der Waals surface area contributed by atoms with Gasteiger partial charge in [0.2, 0.25) is 0 Å². The molecule has 0 aliphatic carbocycles. The minimum atomic E-state index is 0.165. The summed E-state index contributed by atoms with van der Waals surface area (Å²) in [4.78, 5) is 14.5. The van der Waals surface area contributed by atoms with Gasteiger partial charge in [0.25, 0.3) is 5.91 Å². The lowest BCUT2D eigenvalue weighted by Gasteiger charge is -2.39. The predicted octanol–water partition coefficient (Wildman–Crippen LogP) is 3.02. The van der Waals surface area contributed by atoms with Gasteiger partial charge < -0.3 is 10.2 Å². The molecule has 1 aromatic rings. The molecule has 0 radical (unpaired) electrons. The van der Waals surface area contributed by atoms with Crippen molar-refractivity contribution in [2.75, 3.05) is 20.1 Å². The van der Waals surface area contributed by atoms with E-state index in [9.17, 15) is 4.79 Å². The number of nitrogens with zero attached hydrogens (tertiary/aromatic N) is 1. The molecule has 110 valence electrons. The molecule has 1 fully saturated rings. The predicted molar refractivity (Wildman–Crippen MR) is 83.1 cm³/mol. The zero-order chi connectivity index (χ0) is 14.8. The number of carbonyl (C=O) groups excluding carboxylic acids is 1. The first-order valence-electron chi connectivity index (χ1n) is 7.53. The number of carbonyl (C=O) groups is 1. The van der Waals surface area contributed by atoms with E-state index in [1.54, 1.807) is 0 Å². The van der Waals surface area contributed by atoms with Gasteiger partial charge in [-0.25, -0.2) is 0 Å². The molecule has 1 aromatic carbocycles. The average Bonchev–Trinajstić information content (AvgIpc) is 2.47. The number of amides is 1. The van der Waals surface area contributed by atoms with Crippen molar-refractivity contribution in [3.05, 3.63) is 35.4 Å². The topological polar surface area (TPSA) is 32.3 Å². The van der Waals surface area contributed by atoms with Gasteiger partial charge in [0.15, 0.2) is 0 Å². The maximum atomic E-state index is 12.5. The van der Waals surface area contributed by atoms with Crippen molar-refractivity contribution < 1.29 is 4.79 Å². The van der Waals surface area contributed by atoms with E-state index < -0.39 is 0 Å². The van der Waals surface area contributed by atoms with Crippen LogP contribution in [-0.4, -0.2) is 36.5 Å². The Morgan fingerprint density at radius 1 is 1.20 bits per heavy atom. The van der Waals surface area contributed by atoms with Gasteiger partial charge in [-0.1, -0.05) is 26.0 Å². The third-order valence-corrected chi connectivity index (χ3v) is 4.58. The van der Waals surface area contributed by atoms with E-state index >= 15 is 0 Å². The molecule has 1 aliphatic rings. The lowest BCUT2D eigenvalue weighted by Crippen LogP contribution is -2.51. The Balaban J connectivity index is 2.02. The van der Waals surface area contributed by atoms with Crippen molar-refractivity contribution in [3.63, 3.8) is 0 Å². The van der Waals surface area contributed by atoms with Gasteiger partial charge in [0, 0.05) is 24.2 Å². The minimum absolute atomic E-state index is 0.165. The van der Waals surface area contributed by atoms with Crippen LogP contribution in [0, 0.1) is 0 Å². The van der Waals surface area contributed by atoms with Crippen LogP contribution in [0.5, 0.6) is 0 Å². The highest BCUT2D eigenvalue weighted by Gasteiger charge is 2.30. The second-order valence-electron chi connectivity index (χ2n) is 6.38. The van der Waals surface area contributed by atoms with Crippen LogP contribution in [0.3, 0.4) is 0 Å². The van der Waals surface area contributed by atoms with Crippen LogP contribution < -0.4 is 5.32 Å². The molecule has 0 atom stereocenters. The molecule has 1 N–H and O–H groups in total. The molecule has 1 heterocycles. The number of hydrogen-bond acceptors (Lipinski definition) is 2. The molecular formula is C17H26N2O. The highest BCUT2D eigenvalue weighted by Crippen LogP contribution is 2.23. The summed E-state index contributed by atoms with van der Waals surface area (Å²) in [5.41, 5.74) is 2.27. The first-order valence-corrected chi connectivity index (χ1v) is 7.53. The number of nitrogens with one attached hydrogen (secondary N) is 1. The highest BCUT2D eigenvalue weighted by molar-refractivity contribution is 5.94. The van der Waals surface area contributed by atoms with Gasteiger partial charge in [0.1, 0.15) is 0 Å². The van der Waals surface area contributed by atoms with Crippen LogP contribution in [0.15, 0.2) is 24.3 Å². The smallest absolute Gasteiger partial charge is 0.253 e. The maximum absolute atomic E-state index is 12.5. The SMILES string of the molecule is CNC1(C)CCN(C(=O)c2ccc(C(C)C)cc2)CC1. The molecular weight excluding hydrogens is 248 g/mol. The van der Waals surface area contributed by atoms with Crippen LogP contribution in [0.4, 0.5) is 0 Å². The highest BCUT2D eigenvalue weighted by atomic mass is 16.2. The van der Waals surface area contributed by atoms with Gasteiger partial charge in [-0.3, -0.25) is 4.79 Å². The van der Waals surface area contributed by atoms with E-state index in [0.717, 1.165) is 31.5 Å². The van der Waals surface area contributed by atoms with Crippen LogP contribution in [0.1, 0.15) is 55.5 Å². The lowest BCUT2D eigenvalue weighted by atomic mass is 9.89. The van der Waals surface area contributed by atoms with Gasteiger partial charge in [-0.15, -0.1) is 0 Å². The summed E-state index contributed by atoms with van der Waals surface area (Å²) < 4.78 is 0. The summed E-state index contributed by atoms with van der Waals surface area (Å²) in [6, 6.07) is 8.06. The molecule has 1 aliphatic heterocycles. The van der Waals surface area contributed by atoms with E-state index in [1.807, 2.05) is 24.1 Å². The van der Waals surface area contributed by atoms with Crippen molar-refractivity contribution in [2.24, 2.45) is 0 Å². The molecule has 1 amide bonds.